The van der Waals surface area contributed by atoms with Crippen molar-refractivity contribution in [1.29, 1.82) is 0 Å². The van der Waals surface area contributed by atoms with E-state index in [0.717, 1.165) is 0 Å². The lowest BCUT2D eigenvalue weighted by Gasteiger charge is -2.04. The second-order valence-electron chi connectivity index (χ2n) is 3.38. The molecule has 0 saturated heterocycles. The summed E-state index contributed by atoms with van der Waals surface area (Å²) in [6.07, 6.45) is 3.19. The first-order chi connectivity index (χ1) is 8.16. The minimum Gasteiger partial charge on any atom is -0.486 e. The Morgan fingerprint density at radius 3 is 2.71 bits per heavy atom. The molecule has 0 aliphatic carbocycles. The number of hydrogen-bond donors (Lipinski definition) is 0. The van der Waals surface area contributed by atoms with Gasteiger partial charge in [0.15, 0.2) is 5.75 Å². The van der Waals surface area contributed by atoms with Crippen LogP contribution in [0.15, 0.2) is 24.9 Å². The summed E-state index contributed by atoms with van der Waals surface area (Å²) >= 11 is 0. The molecule has 0 atom stereocenters. The van der Waals surface area contributed by atoms with Gasteiger partial charge in [0.2, 0.25) is 0 Å². The zero-order valence-corrected chi connectivity index (χ0v) is 9.05. The topological polar surface area (TPSA) is 52.8 Å². The summed E-state index contributed by atoms with van der Waals surface area (Å²) in [5, 5.41) is 3.68. The molecular formula is C10H10F2N4O. The summed E-state index contributed by atoms with van der Waals surface area (Å²) in [6.45, 7) is 0.0148. The molecule has 0 saturated carbocycles. The van der Waals surface area contributed by atoms with Gasteiger partial charge in [-0.05, 0) is 0 Å². The Balaban J connectivity index is 2.09. The molecule has 0 spiro atoms. The molecule has 0 radical (unpaired) electrons. The van der Waals surface area contributed by atoms with Crippen LogP contribution in [0.5, 0.6) is 5.75 Å². The van der Waals surface area contributed by atoms with E-state index in [1.54, 1.807) is 7.05 Å². The monoisotopic (exact) mass is 240 g/mol. The van der Waals surface area contributed by atoms with Crippen LogP contribution < -0.4 is 4.74 Å². The van der Waals surface area contributed by atoms with Crippen LogP contribution in [-0.2, 0) is 13.7 Å². The number of halogens is 2. The Bertz CT molecular complexity index is 486. The van der Waals surface area contributed by atoms with E-state index < -0.39 is 6.43 Å². The molecule has 5 nitrogen and oxygen atoms in total. The lowest BCUT2D eigenvalue weighted by atomic mass is 10.3. The fourth-order valence-electron chi connectivity index (χ4n) is 1.37. The molecule has 2 aromatic heterocycles. The van der Waals surface area contributed by atoms with E-state index in [2.05, 4.69) is 15.1 Å². The molecule has 7 heteroatoms. The molecule has 0 unspecified atom stereocenters. The number of aromatic nitrogens is 4. The quantitative estimate of drug-likeness (QED) is 0.816. The molecule has 2 heterocycles. The third-order valence-electron chi connectivity index (χ3n) is 2.08. The van der Waals surface area contributed by atoms with Crippen molar-refractivity contribution in [3.63, 3.8) is 0 Å². The van der Waals surface area contributed by atoms with Crippen molar-refractivity contribution < 1.29 is 13.5 Å². The molecule has 0 aliphatic heterocycles. The van der Waals surface area contributed by atoms with E-state index in [0.29, 0.717) is 11.3 Å². The maximum Gasteiger partial charge on any atom is 0.282 e. The molecular weight excluding hydrogens is 230 g/mol. The molecule has 2 rings (SSSR count). The standard InChI is InChI=1S/C10H10F2N4O/c1-16-4-7(9(15-16)10(11)12)5-17-8-2-13-6-14-3-8/h2-4,6,10H,5H2,1H3. The minimum absolute atomic E-state index is 0.0148. The number of alkyl halides is 2. The van der Waals surface area contributed by atoms with Gasteiger partial charge in [0, 0.05) is 18.8 Å². The van der Waals surface area contributed by atoms with Crippen molar-refractivity contribution in [3.8, 4) is 5.75 Å². The van der Waals surface area contributed by atoms with Gasteiger partial charge in [-0.15, -0.1) is 0 Å². The average Bonchev–Trinajstić information content (AvgIpc) is 2.69. The average molecular weight is 240 g/mol. The van der Waals surface area contributed by atoms with E-state index in [4.69, 9.17) is 4.74 Å². The highest BCUT2D eigenvalue weighted by molar-refractivity contribution is 5.19. The number of aryl methyl sites for hydroxylation is 1. The number of hydrogen-bond acceptors (Lipinski definition) is 4. The first kappa shape index (κ1) is 11.4. The van der Waals surface area contributed by atoms with Crippen LogP contribution in [0.2, 0.25) is 0 Å². The van der Waals surface area contributed by atoms with Gasteiger partial charge in [-0.2, -0.15) is 5.10 Å². The van der Waals surface area contributed by atoms with Crippen molar-refractivity contribution >= 4 is 0 Å². The third-order valence-corrected chi connectivity index (χ3v) is 2.08. The number of ether oxygens (including phenoxy) is 1. The zero-order chi connectivity index (χ0) is 12.3. The first-order valence-corrected chi connectivity index (χ1v) is 4.85. The summed E-state index contributed by atoms with van der Waals surface area (Å²) in [7, 11) is 1.58. The van der Waals surface area contributed by atoms with Crippen LogP contribution in [0, 0.1) is 0 Å². The highest BCUT2D eigenvalue weighted by Crippen LogP contribution is 2.22. The predicted molar refractivity (Wildman–Crippen MR) is 54.5 cm³/mol. The summed E-state index contributed by atoms with van der Waals surface area (Å²) in [5.74, 6) is 0.427. The van der Waals surface area contributed by atoms with Crippen LogP contribution in [0.4, 0.5) is 8.78 Å². The lowest BCUT2D eigenvalue weighted by molar-refractivity contribution is 0.142. The van der Waals surface area contributed by atoms with Gasteiger partial charge in [-0.3, -0.25) is 4.68 Å². The normalized spacial score (nSPS) is 10.8. The molecule has 0 aromatic carbocycles. The van der Waals surface area contributed by atoms with E-state index in [9.17, 15) is 8.78 Å². The van der Waals surface area contributed by atoms with Gasteiger partial charge < -0.3 is 4.74 Å². The molecule has 0 aliphatic rings. The summed E-state index contributed by atoms with van der Waals surface area (Å²) < 4.78 is 31.8. The van der Waals surface area contributed by atoms with Gasteiger partial charge >= 0.3 is 0 Å². The maximum absolute atomic E-state index is 12.6. The fourth-order valence-corrected chi connectivity index (χ4v) is 1.37. The first-order valence-electron chi connectivity index (χ1n) is 4.85. The highest BCUT2D eigenvalue weighted by atomic mass is 19.3. The van der Waals surface area contributed by atoms with Crippen LogP contribution in [0.3, 0.4) is 0 Å². The minimum atomic E-state index is -2.61. The maximum atomic E-state index is 12.6. The van der Waals surface area contributed by atoms with Gasteiger partial charge in [0.05, 0.1) is 12.4 Å². The molecule has 0 bridgehead atoms. The molecule has 90 valence electrons. The number of rotatable bonds is 4. The molecule has 0 fully saturated rings. The smallest absolute Gasteiger partial charge is 0.282 e. The van der Waals surface area contributed by atoms with Crippen molar-refractivity contribution in [3.05, 3.63) is 36.2 Å². The van der Waals surface area contributed by atoms with Crippen LogP contribution in [-0.4, -0.2) is 19.7 Å². The molecule has 2 aromatic rings. The van der Waals surface area contributed by atoms with E-state index in [-0.39, 0.29) is 12.3 Å². The van der Waals surface area contributed by atoms with E-state index >= 15 is 0 Å². The van der Waals surface area contributed by atoms with Crippen LogP contribution in [0.25, 0.3) is 0 Å². The second kappa shape index (κ2) is 4.86. The van der Waals surface area contributed by atoms with Crippen molar-refractivity contribution in [1.82, 2.24) is 19.7 Å². The molecule has 17 heavy (non-hydrogen) atoms. The Morgan fingerprint density at radius 1 is 1.35 bits per heavy atom. The molecule has 0 N–H and O–H groups in total. The largest absolute Gasteiger partial charge is 0.486 e. The SMILES string of the molecule is Cn1cc(COc2cncnc2)c(C(F)F)n1. The van der Waals surface area contributed by atoms with E-state index in [1.807, 2.05) is 0 Å². The Labute approximate surface area is 96.1 Å². The summed E-state index contributed by atoms with van der Waals surface area (Å²) in [6, 6.07) is 0. The van der Waals surface area contributed by atoms with Gasteiger partial charge in [-0.1, -0.05) is 0 Å². The van der Waals surface area contributed by atoms with Crippen LogP contribution in [0.1, 0.15) is 17.7 Å². The lowest BCUT2D eigenvalue weighted by Crippen LogP contribution is -1.99. The highest BCUT2D eigenvalue weighted by Gasteiger charge is 2.17. The fraction of sp³-hybridized carbons (Fsp3) is 0.300. The van der Waals surface area contributed by atoms with Crippen molar-refractivity contribution in [2.75, 3.05) is 0 Å². The number of nitrogens with zero attached hydrogens (tertiary/aromatic N) is 4. The van der Waals surface area contributed by atoms with Gasteiger partial charge in [-0.25, -0.2) is 18.7 Å². The van der Waals surface area contributed by atoms with Crippen LogP contribution >= 0.6 is 0 Å². The summed E-state index contributed by atoms with van der Waals surface area (Å²) in [4.78, 5) is 7.51. The predicted octanol–water partition coefficient (Wildman–Crippen LogP) is 1.73. The summed E-state index contributed by atoms with van der Waals surface area (Å²) in [5.41, 5.74) is 0.0932. The molecule has 0 amide bonds. The zero-order valence-electron chi connectivity index (χ0n) is 9.05. The van der Waals surface area contributed by atoms with Gasteiger partial charge in [0.25, 0.3) is 6.43 Å². The Kier molecular flexibility index (Phi) is 3.27. The third kappa shape index (κ3) is 2.74. The Hall–Kier alpha value is -2.05. The van der Waals surface area contributed by atoms with E-state index in [1.165, 1.54) is 29.6 Å². The Morgan fingerprint density at radius 2 is 2.06 bits per heavy atom. The van der Waals surface area contributed by atoms with Crippen molar-refractivity contribution in [2.45, 2.75) is 13.0 Å². The van der Waals surface area contributed by atoms with Crippen molar-refractivity contribution in [2.24, 2.45) is 7.05 Å². The second-order valence-corrected chi connectivity index (χ2v) is 3.38. The van der Waals surface area contributed by atoms with Gasteiger partial charge in [0.1, 0.15) is 18.6 Å².